The molecule has 0 aliphatic heterocycles. The molecule has 0 atom stereocenters. The second-order valence-electron chi connectivity index (χ2n) is 4.88. The molecule has 7 heteroatoms. The van der Waals surface area contributed by atoms with Gasteiger partial charge >= 0.3 is 0 Å². The van der Waals surface area contributed by atoms with Crippen molar-refractivity contribution in [1.29, 1.82) is 5.26 Å². The van der Waals surface area contributed by atoms with Crippen LogP contribution in [0.3, 0.4) is 0 Å². The molecule has 2 aromatic carbocycles. The van der Waals surface area contributed by atoms with Crippen LogP contribution in [-0.4, -0.2) is 22.8 Å². The van der Waals surface area contributed by atoms with Crippen LogP contribution in [0.1, 0.15) is 21.5 Å². The molecule has 0 heterocycles. The molecule has 0 bridgehead atoms. The Morgan fingerprint density at radius 2 is 1.96 bits per heavy atom. The Hall–Kier alpha value is -2.91. The van der Waals surface area contributed by atoms with Gasteiger partial charge in [0.15, 0.2) is 0 Å². The average molecular weight is 330 g/mol. The second kappa shape index (κ2) is 6.90. The fraction of sp³-hybridized carbons (Fsp3) is 0.125. The Morgan fingerprint density at radius 1 is 1.30 bits per heavy atom. The van der Waals surface area contributed by atoms with Gasteiger partial charge in [-0.1, -0.05) is 11.6 Å². The minimum absolute atomic E-state index is 0.0800. The lowest BCUT2D eigenvalue weighted by molar-refractivity contribution is -0.384. The summed E-state index contributed by atoms with van der Waals surface area (Å²) in [4.78, 5) is 24.1. The number of nitrogens with zero attached hydrogens (tertiary/aromatic N) is 3. The second-order valence-corrected chi connectivity index (χ2v) is 5.29. The number of benzene rings is 2. The summed E-state index contributed by atoms with van der Waals surface area (Å²) in [7, 11) is 1.58. The number of hydrogen-bond acceptors (Lipinski definition) is 4. The van der Waals surface area contributed by atoms with Gasteiger partial charge in [-0.15, -0.1) is 0 Å². The molecular weight excluding hydrogens is 318 g/mol. The first-order chi connectivity index (χ1) is 10.9. The molecule has 6 nitrogen and oxygen atoms in total. The summed E-state index contributed by atoms with van der Waals surface area (Å²) >= 11 is 6.04. The van der Waals surface area contributed by atoms with Crippen LogP contribution in [0.15, 0.2) is 42.5 Å². The summed E-state index contributed by atoms with van der Waals surface area (Å²) in [5.74, 6) is -0.267. The van der Waals surface area contributed by atoms with Crippen LogP contribution in [0, 0.1) is 21.4 Å². The molecule has 0 saturated carbocycles. The zero-order chi connectivity index (χ0) is 17.0. The number of rotatable bonds is 4. The Bertz CT molecular complexity index is 797. The molecule has 23 heavy (non-hydrogen) atoms. The van der Waals surface area contributed by atoms with E-state index in [0.29, 0.717) is 21.7 Å². The van der Waals surface area contributed by atoms with E-state index in [9.17, 15) is 14.9 Å². The summed E-state index contributed by atoms with van der Waals surface area (Å²) in [5, 5.41) is 19.9. The van der Waals surface area contributed by atoms with Gasteiger partial charge in [-0.25, -0.2) is 0 Å². The quantitative estimate of drug-likeness (QED) is 0.635. The minimum atomic E-state index is -0.512. The maximum absolute atomic E-state index is 12.3. The number of nitriles is 1. The molecule has 2 aromatic rings. The highest BCUT2D eigenvalue weighted by Crippen LogP contribution is 2.23. The molecule has 0 spiro atoms. The number of nitro benzene ring substituents is 1. The van der Waals surface area contributed by atoms with Crippen molar-refractivity contribution in [1.82, 2.24) is 4.90 Å². The number of amides is 1. The van der Waals surface area contributed by atoms with E-state index >= 15 is 0 Å². The lowest BCUT2D eigenvalue weighted by Gasteiger charge is -2.18. The third-order valence-corrected chi connectivity index (χ3v) is 3.62. The predicted octanol–water partition coefficient (Wildman–Crippen LogP) is 3.39. The summed E-state index contributed by atoms with van der Waals surface area (Å²) in [6, 6.07) is 12.3. The van der Waals surface area contributed by atoms with Crippen molar-refractivity contribution in [3.63, 3.8) is 0 Å². The molecule has 0 radical (unpaired) electrons. The topological polar surface area (TPSA) is 87.2 Å². The lowest BCUT2D eigenvalue weighted by Crippen LogP contribution is -2.26. The zero-order valence-corrected chi connectivity index (χ0v) is 12.9. The third kappa shape index (κ3) is 3.84. The number of carbonyl (C=O) groups excluding carboxylic acids is 1. The van der Waals surface area contributed by atoms with Crippen molar-refractivity contribution in [2.24, 2.45) is 0 Å². The highest BCUT2D eigenvalue weighted by atomic mass is 35.5. The fourth-order valence-electron chi connectivity index (χ4n) is 2.03. The standard InChI is InChI=1S/C16H12ClN3O3/c1-19(16(21)12-4-2-11(9-18)3-5-12)10-13-8-14(20(22)23)6-7-15(13)17/h2-8H,10H2,1H3. The van der Waals surface area contributed by atoms with Gasteiger partial charge in [-0.3, -0.25) is 14.9 Å². The maximum Gasteiger partial charge on any atom is 0.269 e. The maximum atomic E-state index is 12.3. The Labute approximate surface area is 137 Å². The first-order valence-electron chi connectivity index (χ1n) is 6.61. The molecule has 0 unspecified atom stereocenters. The van der Waals surface area contributed by atoms with Gasteiger partial charge in [0, 0.05) is 36.3 Å². The van der Waals surface area contributed by atoms with E-state index in [1.807, 2.05) is 6.07 Å². The fourth-order valence-corrected chi connectivity index (χ4v) is 2.21. The van der Waals surface area contributed by atoms with Crippen molar-refractivity contribution in [2.45, 2.75) is 6.54 Å². The van der Waals surface area contributed by atoms with Crippen LogP contribution in [-0.2, 0) is 6.54 Å². The highest BCUT2D eigenvalue weighted by molar-refractivity contribution is 6.31. The SMILES string of the molecule is CN(Cc1cc([N+](=O)[O-])ccc1Cl)C(=O)c1ccc(C#N)cc1. The molecule has 0 saturated heterocycles. The summed E-state index contributed by atoms with van der Waals surface area (Å²) in [6.07, 6.45) is 0. The molecule has 2 rings (SSSR count). The summed E-state index contributed by atoms with van der Waals surface area (Å²) in [6.45, 7) is 0.138. The van der Waals surface area contributed by atoms with Gasteiger partial charge in [0.25, 0.3) is 11.6 Å². The van der Waals surface area contributed by atoms with Crippen molar-refractivity contribution in [3.8, 4) is 6.07 Å². The predicted molar refractivity (Wildman–Crippen MR) is 85.1 cm³/mol. The third-order valence-electron chi connectivity index (χ3n) is 3.26. The van der Waals surface area contributed by atoms with Gasteiger partial charge in [0.2, 0.25) is 0 Å². The van der Waals surface area contributed by atoms with E-state index in [-0.39, 0.29) is 18.1 Å². The van der Waals surface area contributed by atoms with E-state index in [1.54, 1.807) is 31.3 Å². The van der Waals surface area contributed by atoms with E-state index in [2.05, 4.69) is 0 Å². The van der Waals surface area contributed by atoms with Crippen LogP contribution in [0.2, 0.25) is 5.02 Å². The molecule has 0 aliphatic carbocycles. The van der Waals surface area contributed by atoms with Gasteiger partial charge in [-0.05, 0) is 35.9 Å². The highest BCUT2D eigenvalue weighted by Gasteiger charge is 2.16. The number of hydrogen-bond donors (Lipinski definition) is 0. The molecule has 116 valence electrons. The monoisotopic (exact) mass is 329 g/mol. The van der Waals surface area contributed by atoms with Crippen molar-refractivity contribution in [2.75, 3.05) is 7.05 Å². The average Bonchev–Trinajstić information content (AvgIpc) is 2.56. The number of carbonyl (C=O) groups is 1. The van der Waals surface area contributed by atoms with Gasteiger partial charge in [-0.2, -0.15) is 5.26 Å². The normalized spacial score (nSPS) is 9.96. The van der Waals surface area contributed by atoms with Crippen LogP contribution in [0.4, 0.5) is 5.69 Å². The first kappa shape index (κ1) is 16.5. The minimum Gasteiger partial charge on any atom is -0.337 e. The van der Waals surface area contributed by atoms with E-state index < -0.39 is 4.92 Å². The summed E-state index contributed by atoms with van der Waals surface area (Å²) < 4.78 is 0. The smallest absolute Gasteiger partial charge is 0.269 e. The lowest BCUT2D eigenvalue weighted by atomic mass is 10.1. The van der Waals surface area contributed by atoms with E-state index in [0.717, 1.165) is 0 Å². The molecule has 0 N–H and O–H groups in total. The Kier molecular flexibility index (Phi) is 4.94. The molecule has 1 amide bonds. The van der Waals surface area contributed by atoms with Crippen molar-refractivity contribution < 1.29 is 9.72 Å². The zero-order valence-electron chi connectivity index (χ0n) is 12.2. The van der Waals surface area contributed by atoms with Gasteiger partial charge in [0.05, 0.1) is 16.6 Å². The van der Waals surface area contributed by atoms with Crippen molar-refractivity contribution in [3.05, 3.63) is 74.3 Å². The van der Waals surface area contributed by atoms with Crippen molar-refractivity contribution >= 4 is 23.2 Å². The molecular formula is C16H12ClN3O3. The molecule has 0 aliphatic rings. The number of halogens is 1. The Balaban J connectivity index is 2.19. The summed E-state index contributed by atoms with van der Waals surface area (Å²) in [5.41, 5.74) is 1.30. The van der Waals surface area contributed by atoms with E-state index in [1.165, 1.54) is 23.1 Å². The van der Waals surface area contributed by atoms with Crippen LogP contribution in [0.25, 0.3) is 0 Å². The number of non-ortho nitro benzene ring substituents is 1. The largest absolute Gasteiger partial charge is 0.337 e. The van der Waals surface area contributed by atoms with Gasteiger partial charge in [0.1, 0.15) is 0 Å². The van der Waals surface area contributed by atoms with Crippen LogP contribution in [0.5, 0.6) is 0 Å². The number of nitro groups is 1. The van der Waals surface area contributed by atoms with Crippen LogP contribution < -0.4 is 0 Å². The van der Waals surface area contributed by atoms with Gasteiger partial charge < -0.3 is 4.90 Å². The Morgan fingerprint density at radius 3 is 2.52 bits per heavy atom. The molecule has 0 aromatic heterocycles. The van der Waals surface area contributed by atoms with Crippen LogP contribution >= 0.6 is 11.6 Å². The molecule has 0 fully saturated rings. The first-order valence-corrected chi connectivity index (χ1v) is 6.98. The van der Waals surface area contributed by atoms with E-state index in [4.69, 9.17) is 16.9 Å².